The molecule has 0 unspecified atom stereocenters. The van der Waals surface area contributed by atoms with Gasteiger partial charge in [0.05, 0.1) is 0 Å². The van der Waals surface area contributed by atoms with E-state index in [2.05, 4.69) is 25.1 Å². The largest absolute Gasteiger partial charge is 0.356 e. The number of benzene rings is 1. The molecular formula is C20H24F2N6O. The standard InChI is InChI=1S/C20H24F2N6O/c1-14-23-18(26-6-2-3-7-26)13-19(24-14)27-8-10-28(11-9-27)20(29)25-15-4-5-16(21)17(22)12-15/h4-5,12-13H,2-3,6-11H2,1H3,(H,25,29). The van der Waals surface area contributed by atoms with Gasteiger partial charge in [-0.05, 0) is 31.9 Å². The number of aryl methyl sites for hydroxylation is 1. The van der Waals surface area contributed by atoms with Gasteiger partial charge in [-0.2, -0.15) is 0 Å². The summed E-state index contributed by atoms with van der Waals surface area (Å²) in [7, 11) is 0. The first kappa shape index (κ1) is 19.4. The molecule has 2 aliphatic rings. The molecule has 1 aromatic carbocycles. The molecule has 1 N–H and O–H groups in total. The van der Waals surface area contributed by atoms with E-state index in [0.29, 0.717) is 26.2 Å². The molecule has 29 heavy (non-hydrogen) atoms. The minimum Gasteiger partial charge on any atom is -0.356 e. The molecule has 2 amide bonds. The summed E-state index contributed by atoms with van der Waals surface area (Å²) in [6, 6.07) is 5.02. The Bertz CT molecular complexity index is 895. The average molecular weight is 402 g/mol. The van der Waals surface area contributed by atoms with Crippen LogP contribution in [-0.4, -0.2) is 60.2 Å². The van der Waals surface area contributed by atoms with Gasteiger partial charge in [-0.3, -0.25) is 0 Å². The number of rotatable bonds is 3. The number of aromatic nitrogens is 2. The van der Waals surface area contributed by atoms with Crippen LogP contribution in [0.4, 0.5) is 30.9 Å². The number of carbonyl (C=O) groups is 1. The van der Waals surface area contributed by atoms with Gasteiger partial charge in [0.25, 0.3) is 0 Å². The molecule has 4 rings (SSSR count). The Morgan fingerprint density at radius 1 is 0.897 bits per heavy atom. The summed E-state index contributed by atoms with van der Waals surface area (Å²) in [5.41, 5.74) is 0.234. The number of urea groups is 1. The van der Waals surface area contributed by atoms with Crippen molar-refractivity contribution in [1.82, 2.24) is 14.9 Å². The predicted molar refractivity (Wildman–Crippen MR) is 107 cm³/mol. The molecule has 0 spiro atoms. The summed E-state index contributed by atoms with van der Waals surface area (Å²) in [5, 5.41) is 2.62. The third-order valence-corrected chi connectivity index (χ3v) is 5.30. The molecule has 2 fully saturated rings. The second-order valence-electron chi connectivity index (χ2n) is 7.36. The highest BCUT2D eigenvalue weighted by atomic mass is 19.2. The van der Waals surface area contributed by atoms with Gasteiger partial charge in [-0.1, -0.05) is 0 Å². The summed E-state index contributed by atoms with van der Waals surface area (Å²) < 4.78 is 26.4. The SMILES string of the molecule is Cc1nc(N2CCCC2)cc(N2CCN(C(=O)Nc3ccc(F)c(F)c3)CC2)n1. The average Bonchev–Trinajstić information content (AvgIpc) is 3.25. The van der Waals surface area contributed by atoms with Crippen LogP contribution < -0.4 is 15.1 Å². The second kappa shape index (κ2) is 8.18. The number of halogens is 2. The number of nitrogens with zero attached hydrogens (tertiary/aromatic N) is 5. The Kier molecular flexibility index (Phi) is 5.46. The topological polar surface area (TPSA) is 64.6 Å². The Morgan fingerprint density at radius 2 is 1.52 bits per heavy atom. The lowest BCUT2D eigenvalue weighted by atomic mass is 10.3. The van der Waals surface area contributed by atoms with E-state index in [0.717, 1.165) is 42.7 Å². The molecular weight excluding hydrogens is 378 g/mol. The highest BCUT2D eigenvalue weighted by Crippen LogP contribution is 2.23. The van der Waals surface area contributed by atoms with Gasteiger partial charge in [0, 0.05) is 57.1 Å². The van der Waals surface area contributed by atoms with Crippen molar-refractivity contribution in [3.63, 3.8) is 0 Å². The molecule has 0 saturated carbocycles. The van der Waals surface area contributed by atoms with E-state index >= 15 is 0 Å². The van der Waals surface area contributed by atoms with Gasteiger partial charge in [-0.25, -0.2) is 23.5 Å². The summed E-state index contributed by atoms with van der Waals surface area (Å²) >= 11 is 0. The van der Waals surface area contributed by atoms with Crippen LogP contribution in [0.2, 0.25) is 0 Å². The fourth-order valence-corrected chi connectivity index (χ4v) is 3.72. The molecule has 2 saturated heterocycles. The highest BCUT2D eigenvalue weighted by Gasteiger charge is 2.24. The van der Waals surface area contributed by atoms with Crippen LogP contribution in [0.25, 0.3) is 0 Å². The van der Waals surface area contributed by atoms with Gasteiger partial charge in [-0.15, -0.1) is 0 Å². The molecule has 3 heterocycles. The van der Waals surface area contributed by atoms with Crippen LogP contribution in [-0.2, 0) is 0 Å². The van der Waals surface area contributed by atoms with Crippen LogP contribution in [0.5, 0.6) is 0 Å². The van der Waals surface area contributed by atoms with Gasteiger partial charge in [0.15, 0.2) is 11.6 Å². The second-order valence-corrected chi connectivity index (χ2v) is 7.36. The fraction of sp³-hybridized carbons (Fsp3) is 0.450. The number of carbonyl (C=O) groups excluding carboxylic acids is 1. The van der Waals surface area contributed by atoms with Gasteiger partial charge >= 0.3 is 6.03 Å². The van der Waals surface area contributed by atoms with Crippen molar-refractivity contribution in [1.29, 1.82) is 0 Å². The highest BCUT2D eigenvalue weighted by molar-refractivity contribution is 5.89. The first-order valence-corrected chi connectivity index (χ1v) is 9.86. The Morgan fingerprint density at radius 3 is 2.14 bits per heavy atom. The van der Waals surface area contributed by atoms with Crippen molar-refractivity contribution in [2.24, 2.45) is 0 Å². The molecule has 0 bridgehead atoms. The smallest absolute Gasteiger partial charge is 0.321 e. The lowest BCUT2D eigenvalue weighted by molar-refractivity contribution is 0.208. The monoisotopic (exact) mass is 402 g/mol. The molecule has 1 aromatic heterocycles. The summed E-state index contributed by atoms with van der Waals surface area (Å²) in [4.78, 5) is 27.7. The summed E-state index contributed by atoms with van der Waals surface area (Å²) in [5.74, 6) is 0.650. The van der Waals surface area contributed by atoms with Crippen molar-refractivity contribution < 1.29 is 13.6 Å². The Labute approximate surface area is 168 Å². The van der Waals surface area contributed by atoms with Crippen LogP contribution >= 0.6 is 0 Å². The quantitative estimate of drug-likeness (QED) is 0.855. The fourth-order valence-electron chi connectivity index (χ4n) is 3.72. The lowest BCUT2D eigenvalue weighted by Gasteiger charge is -2.35. The van der Waals surface area contributed by atoms with E-state index in [-0.39, 0.29) is 11.7 Å². The van der Waals surface area contributed by atoms with Crippen LogP contribution in [0.3, 0.4) is 0 Å². The third kappa shape index (κ3) is 4.38. The normalized spacial score (nSPS) is 17.0. The van der Waals surface area contributed by atoms with Crippen LogP contribution in [0.1, 0.15) is 18.7 Å². The minimum atomic E-state index is -0.986. The molecule has 2 aliphatic heterocycles. The van der Waals surface area contributed by atoms with Crippen molar-refractivity contribution in [2.45, 2.75) is 19.8 Å². The molecule has 0 radical (unpaired) electrons. The zero-order valence-corrected chi connectivity index (χ0v) is 16.4. The van der Waals surface area contributed by atoms with Crippen LogP contribution in [0, 0.1) is 18.6 Å². The molecule has 9 heteroatoms. The summed E-state index contributed by atoms with van der Waals surface area (Å²) in [6.07, 6.45) is 2.37. The van der Waals surface area contributed by atoms with E-state index in [1.54, 1.807) is 4.90 Å². The zero-order valence-electron chi connectivity index (χ0n) is 16.4. The Balaban J connectivity index is 1.37. The van der Waals surface area contributed by atoms with Crippen molar-refractivity contribution in [3.8, 4) is 0 Å². The molecule has 7 nitrogen and oxygen atoms in total. The van der Waals surface area contributed by atoms with Crippen molar-refractivity contribution in [2.75, 3.05) is 54.4 Å². The molecule has 0 aliphatic carbocycles. The first-order valence-electron chi connectivity index (χ1n) is 9.86. The number of nitrogens with one attached hydrogen (secondary N) is 1. The first-order chi connectivity index (χ1) is 14.0. The lowest BCUT2D eigenvalue weighted by Crippen LogP contribution is -2.50. The van der Waals surface area contributed by atoms with E-state index in [1.165, 1.54) is 18.9 Å². The minimum absolute atomic E-state index is 0.234. The number of anilines is 3. The van der Waals surface area contributed by atoms with E-state index in [4.69, 9.17) is 0 Å². The predicted octanol–water partition coefficient (Wildman–Crippen LogP) is 3.02. The number of piperazine rings is 1. The maximum atomic E-state index is 13.3. The maximum Gasteiger partial charge on any atom is 0.321 e. The van der Waals surface area contributed by atoms with Gasteiger partial charge in [0.1, 0.15) is 17.5 Å². The number of hydrogen-bond acceptors (Lipinski definition) is 5. The number of amides is 2. The third-order valence-electron chi connectivity index (χ3n) is 5.30. The van der Waals surface area contributed by atoms with Gasteiger partial charge in [0.2, 0.25) is 0 Å². The zero-order chi connectivity index (χ0) is 20.4. The Hall–Kier alpha value is -2.97. The van der Waals surface area contributed by atoms with E-state index < -0.39 is 11.6 Å². The summed E-state index contributed by atoms with van der Waals surface area (Å²) in [6.45, 7) is 6.24. The van der Waals surface area contributed by atoms with Crippen LogP contribution in [0.15, 0.2) is 24.3 Å². The van der Waals surface area contributed by atoms with Gasteiger partial charge < -0.3 is 20.0 Å². The van der Waals surface area contributed by atoms with E-state index in [1.807, 2.05) is 13.0 Å². The molecule has 0 atom stereocenters. The van der Waals surface area contributed by atoms with E-state index in [9.17, 15) is 13.6 Å². The molecule has 2 aromatic rings. The van der Waals surface area contributed by atoms with Crippen molar-refractivity contribution in [3.05, 3.63) is 41.7 Å². The molecule has 154 valence electrons. The van der Waals surface area contributed by atoms with Crippen molar-refractivity contribution >= 4 is 23.4 Å². The maximum absolute atomic E-state index is 13.3. The number of hydrogen-bond donors (Lipinski definition) is 1.